The molecule has 24 heavy (non-hydrogen) atoms. The summed E-state index contributed by atoms with van der Waals surface area (Å²) in [5.74, 6) is -1.17. The van der Waals surface area contributed by atoms with Crippen LogP contribution < -0.4 is 5.73 Å². The first-order valence-electron chi connectivity index (χ1n) is 6.98. The van der Waals surface area contributed by atoms with Crippen LogP contribution in [0.15, 0.2) is 36.4 Å². The molecule has 3 nitrogen and oxygen atoms in total. The smallest absolute Gasteiger partial charge is 0.220 e. The molecule has 0 unspecified atom stereocenters. The van der Waals surface area contributed by atoms with Crippen molar-refractivity contribution in [2.75, 3.05) is 5.73 Å². The largest absolute Gasteiger partial charge is 0.368 e. The van der Waals surface area contributed by atoms with E-state index in [4.69, 9.17) is 5.73 Å². The van der Waals surface area contributed by atoms with Gasteiger partial charge in [-0.3, -0.25) is 0 Å². The van der Waals surface area contributed by atoms with Crippen LogP contribution in [0.5, 0.6) is 0 Å². The van der Waals surface area contributed by atoms with Crippen LogP contribution in [0.25, 0.3) is 22.0 Å². The lowest BCUT2D eigenvalue weighted by molar-refractivity contribution is 0.214. The molecule has 1 aromatic heterocycles. The number of rotatable bonds is 2. The number of anilines is 1. The SMILES string of the molecule is CC(C)(F)c1cc(-c2ccc(F)c3cc(F)ccc23)nc(N)n1.Cl. The zero-order chi connectivity index (χ0) is 16.8. The summed E-state index contributed by atoms with van der Waals surface area (Å²) in [6, 6.07) is 7.99. The third-order valence-electron chi connectivity index (χ3n) is 3.55. The van der Waals surface area contributed by atoms with Crippen LogP contribution >= 0.6 is 12.4 Å². The molecule has 0 fully saturated rings. The lowest BCUT2D eigenvalue weighted by Crippen LogP contribution is -2.14. The van der Waals surface area contributed by atoms with Gasteiger partial charge >= 0.3 is 0 Å². The fraction of sp³-hybridized carbons (Fsp3) is 0.176. The van der Waals surface area contributed by atoms with Crippen molar-refractivity contribution in [1.82, 2.24) is 9.97 Å². The first-order valence-corrected chi connectivity index (χ1v) is 6.98. The molecule has 0 saturated heterocycles. The number of halogens is 4. The van der Waals surface area contributed by atoms with E-state index in [1.54, 1.807) is 0 Å². The minimum Gasteiger partial charge on any atom is -0.368 e. The van der Waals surface area contributed by atoms with Gasteiger partial charge in [-0.25, -0.2) is 23.1 Å². The van der Waals surface area contributed by atoms with Gasteiger partial charge in [0.1, 0.15) is 17.3 Å². The second-order valence-corrected chi connectivity index (χ2v) is 5.75. The molecule has 0 aliphatic heterocycles. The maximum absolute atomic E-state index is 14.2. The predicted molar refractivity (Wildman–Crippen MR) is 90.7 cm³/mol. The van der Waals surface area contributed by atoms with Crippen molar-refractivity contribution in [3.8, 4) is 11.3 Å². The third kappa shape index (κ3) is 3.28. The third-order valence-corrected chi connectivity index (χ3v) is 3.55. The molecule has 0 bridgehead atoms. The average Bonchev–Trinajstić information content (AvgIpc) is 2.46. The quantitative estimate of drug-likeness (QED) is 0.721. The highest BCUT2D eigenvalue weighted by atomic mass is 35.5. The van der Waals surface area contributed by atoms with Gasteiger partial charge in [0.25, 0.3) is 0 Å². The molecule has 3 aromatic rings. The van der Waals surface area contributed by atoms with Crippen LogP contribution in [0.1, 0.15) is 19.5 Å². The van der Waals surface area contributed by atoms with Gasteiger partial charge in [0, 0.05) is 10.9 Å². The van der Waals surface area contributed by atoms with E-state index >= 15 is 0 Å². The number of nitrogens with two attached hydrogens (primary N) is 1. The Hall–Kier alpha value is -2.34. The van der Waals surface area contributed by atoms with Crippen molar-refractivity contribution in [1.29, 1.82) is 0 Å². The average molecular weight is 354 g/mol. The van der Waals surface area contributed by atoms with Gasteiger partial charge < -0.3 is 5.73 Å². The van der Waals surface area contributed by atoms with Crippen molar-refractivity contribution < 1.29 is 13.2 Å². The summed E-state index contributed by atoms with van der Waals surface area (Å²) < 4.78 is 41.5. The van der Waals surface area contributed by atoms with E-state index in [1.165, 1.54) is 44.2 Å². The highest BCUT2D eigenvalue weighted by molar-refractivity contribution is 5.96. The molecular formula is C17H15ClF3N3. The Bertz CT molecular complexity index is 907. The van der Waals surface area contributed by atoms with Crippen LogP contribution in [-0.4, -0.2) is 9.97 Å². The molecule has 2 N–H and O–H groups in total. The van der Waals surface area contributed by atoms with Crippen molar-refractivity contribution in [3.05, 3.63) is 53.7 Å². The molecule has 0 aliphatic carbocycles. The molecule has 126 valence electrons. The van der Waals surface area contributed by atoms with E-state index in [9.17, 15) is 13.2 Å². The predicted octanol–water partition coefficient (Wildman–Crippen LogP) is 4.78. The number of hydrogen-bond acceptors (Lipinski definition) is 3. The van der Waals surface area contributed by atoms with Gasteiger partial charge in [-0.05, 0) is 49.6 Å². The summed E-state index contributed by atoms with van der Waals surface area (Å²) in [6.07, 6.45) is 0. The van der Waals surface area contributed by atoms with Crippen molar-refractivity contribution in [2.45, 2.75) is 19.5 Å². The van der Waals surface area contributed by atoms with Gasteiger partial charge in [0.15, 0.2) is 0 Å². The lowest BCUT2D eigenvalue weighted by Gasteiger charge is -2.15. The van der Waals surface area contributed by atoms with Crippen LogP contribution in [0.4, 0.5) is 19.1 Å². The molecule has 3 rings (SSSR count). The van der Waals surface area contributed by atoms with E-state index < -0.39 is 17.3 Å². The number of alkyl halides is 1. The van der Waals surface area contributed by atoms with Gasteiger partial charge in [-0.15, -0.1) is 12.4 Å². The summed E-state index contributed by atoms with van der Waals surface area (Å²) in [6.45, 7) is 2.72. The Balaban J connectivity index is 0.00000208. The maximum Gasteiger partial charge on any atom is 0.220 e. The molecule has 1 heterocycles. The Morgan fingerprint density at radius 3 is 2.33 bits per heavy atom. The molecule has 0 aliphatic rings. The molecule has 2 aromatic carbocycles. The lowest BCUT2D eigenvalue weighted by atomic mass is 9.99. The van der Waals surface area contributed by atoms with E-state index in [-0.39, 0.29) is 29.4 Å². The van der Waals surface area contributed by atoms with Crippen LogP contribution in [0, 0.1) is 11.6 Å². The molecule has 0 amide bonds. The molecule has 0 spiro atoms. The zero-order valence-corrected chi connectivity index (χ0v) is 13.8. The summed E-state index contributed by atoms with van der Waals surface area (Å²) in [7, 11) is 0. The van der Waals surface area contributed by atoms with Crippen LogP contribution in [-0.2, 0) is 5.67 Å². The number of aromatic nitrogens is 2. The molecule has 0 saturated carbocycles. The minimum absolute atomic E-state index is 0. The monoisotopic (exact) mass is 353 g/mol. The minimum atomic E-state index is -1.70. The van der Waals surface area contributed by atoms with Gasteiger partial charge in [0.05, 0.1) is 11.4 Å². The topological polar surface area (TPSA) is 51.8 Å². The fourth-order valence-electron chi connectivity index (χ4n) is 2.42. The van der Waals surface area contributed by atoms with Crippen LogP contribution in [0.2, 0.25) is 0 Å². The highest BCUT2D eigenvalue weighted by Gasteiger charge is 2.23. The van der Waals surface area contributed by atoms with E-state index in [0.717, 1.165) is 6.07 Å². The second kappa shape index (κ2) is 6.28. The number of benzene rings is 2. The van der Waals surface area contributed by atoms with E-state index in [0.29, 0.717) is 16.6 Å². The normalized spacial score (nSPS) is 11.4. The van der Waals surface area contributed by atoms with Gasteiger partial charge in [0.2, 0.25) is 5.95 Å². The van der Waals surface area contributed by atoms with Gasteiger partial charge in [-0.1, -0.05) is 6.07 Å². The van der Waals surface area contributed by atoms with E-state index in [2.05, 4.69) is 9.97 Å². The maximum atomic E-state index is 14.2. The zero-order valence-electron chi connectivity index (χ0n) is 13.0. The van der Waals surface area contributed by atoms with Crippen molar-refractivity contribution >= 4 is 29.1 Å². The van der Waals surface area contributed by atoms with E-state index in [1.807, 2.05) is 0 Å². The molecule has 7 heteroatoms. The molecule has 0 radical (unpaired) electrons. The molecule has 0 atom stereocenters. The number of nitrogens with zero attached hydrogens (tertiary/aromatic N) is 2. The Morgan fingerprint density at radius 1 is 0.958 bits per heavy atom. The summed E-state index contributed by atoms with van der Waals surface area (Å²) in [5, 5.41) is 0.591. The Morgan fingerprint density at radius 2 is 1.67 bits per heavy atom. The first kappa shape index (κ1) is 18.0. The molecular weight excluding hydrogens is 339 g/mol. The summed E-state index contributed by atoms with van der Waals surface area (Å²) >= 11 is 0. The number of fused-ring (bicyclic) bond motifs is 1. The Kier molecular flexibility index (Phi) is 4.71. The van der Waals surface area contributed by atoms with Crippen molar-refractivity contribution in [3.63, 3.8) is 0 Å². The number of hydrogen-bond donors (Lipinski definition) is 1. The standard InChI is InChI=1S/C17H14F3N3.ClH/c1-17(2,20)15-8-14(22-16(21)23-15)11-5-6-13(19)12-7-9(18)3-4-10(11)12;/h3-8H,1-2H3,(H2,21,22,23);1H. The highest BCUT2D eigenvalue weighted by Crippen LogP contribution is 2.32. The fourth-order valence-corrected chi connectivity index (χ4v) is 2.42. The first-order chi connectivity index (χ1) is 10.8. The summed E-state index contributed by atoms with van der Waals surface area (Å²) in [5.41, 5.74) is 4.98. The Labute approximate surface area is 143 Å². The van der Waals surface area contributed by atoms with Crippen LogP contribution in [0.3, 0.4) is 0 Å². The summed E-state index contributed by atoms with van der Waals surface area (Å²) in [4.78, 5) is 8.00. The second-order valence-electron chi connectivity index (χ2n) is 5.75. The van der Waals surface area contributed by atoms with Gasteiger partial charge in [-0.2, -0.15) is 0 Å². The number of nitrogen functional groups attached to an aromatic ring is 1. The van der Waals surface area contributed by atoms with Crippen molar-refractivity contribution in [2.24, 2.45) is 0 Å².